The Morgan fingerprint density at radius 2 is 2.00 bits per heavy atom. The molecule has 0 radical (unpaired) electrons. The van der Waals surface area contributed by atoms with Crippen molar-refractivity contribution in [2.24, 2.45) is 0 Å². The van der Waals surface area contributed by atoms with Crippen molar-refractivity contribution in [2.45, 2.75) is 13.5 Å². The second-order valence-corrected chi connectivity index (χ2v) is 5.14. The molecule has 0 aliphatic heterocycles. The molecule has 2 aromatic carbocycles. The van der Waals surface area contributed by atoms with E-state index in [1.165, 1.54) is 12.1 Å². The zero-order chi connectivity index (χ0) is 17.5. The molecule has 120 valence electrons. The summed E-state index contributed by atoms with van der Waals surface area (Å²) in [5.74, 6) is -0.524. The van der Waals surface area contributed by atoms with Gasteiger partial charge in [0, 0.05) is 18.2 Å². The van der Waals surface area contributed by atoms with E-state index in [4.69, 9.17) is 0 Å². The quantitative estimate of drug-likeness (QED) is 0.396. The number of nitrogens with zero attached hydrogens (tertiary/aromatic N) is 2. The molecule has 0 saturated heterocycles. The van der Waals surface area contributed by atoms with E-state index in [9.17, 15) is 20.2 Å². The van der Waals surface area contributed by atoms with Gasteiger partial charge in [-0.15, -0.1) is 0 Å². The van der Waals surface area contributed by atoms with Crippen LogP contribution in [0.2, 0.25) is 0 Å². The summed E-state index contributed by atoms with van der Waals surface area (Å²) in [6.07, 6.45) is 1.34. The topological polar surface area (TPSA) is 96.0 Å². The Hall–Kier alpha value is -3.46. The number of aryl methyl sites for hydroxylation is 1. The third kappa shape index (κ3) is 4.27. The van der Waals surface area contributed by atoms with Gasteiger partial charge in [-0.2, -0.15) is 5.26 Å². The molecule has 0 saturated carbocycles. The molecule has 2 rings (SSSR count). The van der Waals surface area contributed by atoms with E-state index in [0.29, 0.717) is 17.7 Å². The van der Waals surface area contributed by atoms with Crippen LogP contribution < -0.4 is 5.32 Å². The van der Waals surface area contributed by atoms with Crippen LogP contribution in [0.1, 0.15) is 16.7 Å². The van der Waals surface area contributed by atoms with Crippen LogP contribution in [0, 0.1) is 28.4 Å². The number of nitro benzene ring substituents is 1. The smallest absolute Gasteiger partial charge is 0.272 e. The normalized spacial score (nSPS) is 10.8. The number of nitro groups is 1. The Labute approximate surface area is 139 Å². The van der Waals surface area contributed by atoms with Gasteiger partial charge in [0.05, 0.1) is 4.92 Å². The van der Waals surface area contributed by atoms with Crippen LogP contribution in [-0.4, -0.2) is 10.8 Å². The average Bonchev–Trinajstić information content (AvgIpc) is 2.59. The SMILES string of the molecule is Cc1ccc(/C=C(/C#N)C(=O)NCc2ccccc2)cc1[N+](=O)[O-]. The van der Waals surface area contributed by atoms with Crippen molar-refractivity contribution in [1.29, 1.82) is 5.26 Å². The van der Waals surface area contributed by atoms with Gasteiger partial charge in [0.15, 0.2) is 0 Å². The minimum atomic E-state index is -0.524. The van der Waals surface area contributed by atoms with Gasteiger partial charge in [-0.3, -0.25) is 14.9 Å². The molecule has 24 heavy (non-hydrogen) atoms. The number of hydrogen-bond acceptors (Lipinski definition) is 4. The van der Waals surface area contributed by atoms with Crippen molar-refractivity contribution in [3.8, 4) is 6.07 Å². The van der Waals surface area contributed by atoms with Gasteiger partial charge in [-0.05, 0) is 24.1 Å². The van der Waals surface area contributed by atoms with Gasteiger partial charge in [0.1, 0.15) is 11.6 Å². The van der Waals surface area contributed by atoms with Crippen LogP contribution in [0.15, 0.2) is 54.1 Å². The van der Waals surface area contributed by atoms with Crippen LogP contribution in [0.3, 0.4) is 0 Å². The van der Waals surface area contributed by atoms with Gasteiger partial charge >= 0.3 is 0 Å². The van der Waals surface area contributed by atoms with E-state index >= 15 is 0 Å². The number of hydrogen-bond donors (Lipinski definition) is 1. The third-order valence-corrected chi connectivity index (χ3v) is 3.40. The number of benzene rings is 2. The van der Waals surface area contributed by atoms with Gasteiger partial charge in [0.2, 0.25) is 0 Å². The van der Waals surface area contributed by atoms with Crippen molar-refractivity contribution in [2.75, 3.05) is 0 Å². The van der Waals surface area contributed by atoms with E-state index in [1.807, 2.05) is 36.4 Å². The molecular weight excluding hydrogens is 306 g/mol. The summed E-state index contributed by atoms with van der Waals surface area (Å²) >= 11 is 0. The highest BCUT2D eigenvalue weighted by Crippen LogP contribution is 2.20. The zero-order valence-corrected chi connectivity index (χ0v) is 13.0. The lowest BCUT2D eigenvalue weighted by atomic mass is 10.1. The maximum absolute atomic E-state index is 12.1. The molecule has 2 aromatic rings. The van der Waals surface area contributed by atoms with Gasteiger partial charge < -0.3 is 5.32 Å². The molecule has 1 amide bonds. The molecule has 0 bridgehead atoms. The minimum absolute atomic E-state index is 0.0502. The highest BCUT2D eigenvalue weighted by Gasteiger charge is 2.13. The van der Waals surface area contributed by atoms with E-state index < -0.39 is 10.8 Å². The second kappa shape index (κ2) is 7.70. The third-order valence-electron chi connectivity index (χ3n) is 3.40. The van der Waals surface area contributed by atoms with Crippen LogP contribution in [0.5, 0.6) is 0 Å². The Bertz CT molecular complexity index is 836. The average molecular weight is 321 g/mol. The zero-order valence-electron chi connectivity index (χ0n) is 13.0. The molecule has 6 heteroatoms. The van der Waals surface area contributed by atoms with Crippen LogP contribution in [0.25, 0.3) is 6.08 Å². The summed E-state index contributed by atoms with van der Waals surface area (Å²) in [5.41, 5.74) is 1.70. The maximum atomic E-state index is 12.1. The van der Waals surface area contributed by atoms with Crippen molar-refractivity contribution >= 4 is 17.7 Å². The minimum Gasteiger partial charge on any atom is -0.347 e. The summed E-state index contributed by atoms with van der Waals surface area (Å²) < 4.78 is 0. The number of carbonyl (C=O) groups excluding carboxylic acids is 1. The summed E-state index contributed by atoms with van der Waals surface area (Å²) in [6, 6.07) is 15.7. The first-order valence-corrected chi connectivity index (χ1v) is 7.20. The van der Waals surface area contributed by atoms with Crippen LogP contribution in [0.4, 0.5) is 5.69 Å². The standard InChI is InChI=1S/C18H15N3O3/c1-13-7-8-15(10-17(13)21(23)24)9-16(11-19)18(22)20-12-14-5-3-2-4-6-14/h2-10H,12H2,1H3,(H,20,22)/b16-9-. The molecule has 1 N–H and O–H groups in total. The lowest BCUT2D eigenvalue weighted by Crippen LogP contribution is -2.23. The summed E-state index contributed by atoms with van der Waals surface area (Å²) in [7, 11) is 0. The maximum Gasteiger partial charge on any atom is 0.272 e. The molecular formula is C18H15N3O3. The largest absolute Gasteiger partial charge is 0.347 e. The summed E-state index contributed by atoms with van der Waals surface area (Å²) in [6.45, 7) is 1.93. The van der Waals surface area contributed by atoms with Crippen LogP contribution in [-0.2, 0) is 11.3 Å². The fourth-order valence-corrected chi connectivity index (χ4v) is 2.10. The highest BCUT2D eigenvalue weighted by molar-refractivity contribution is 6.01. The lowest BCUT2D eigenvalue weighted by molar-refractivity contribution is -0.385. The first-order valence-electron chi connectivity index (χ1n) is 7.20. The van der Waals surface area contributed by atoms with Crippen molar-refractivity contribution < 1.29 is 9.72 Å². The lowest BCUT2D eigenvalue weighted by Gasteiger charge is -2.04. The van der Waals surface area contributed by atoms with Gasteiger partial charge in [0.25, 0.3) is 11.6 Å². The molecule has 0 aliphatic rings. The molecule has 0 aliphatic carbocycles. The second-order valence-electron chi connectivity index (χ2n) is 5.14. The summed E-state index contributed by atoms with van der Waals surface area (Å²) in [4.78, 5) is 22.6. The Kier molecular flexibility index (Phi) is 5.42. The Morgan fingerprint density at radius 1 is 1.29 bits per heavy atom. The van der Waals surface area contributed by atoms with E-state index in [0.717, 1.165) is 5.56 Å². The fourth-order valence-electron chi connectivity index (χ4n) is 2.10. The predicted octanol–water partition coefficient (Wildman–Crippen LogP) is 3.13. The Balaban J connectivity index is 2.17. The number of rotatable bonds is 5. The highest BCUT2D eigenvalue weighted by atomic mass is 16.6. The Morgan fingerprint density at radius 3 is 2.62 bits per heavy atom. The molecule has 0 heterocycles. The predicted molar refractivity (Wildman–Crippen MR) is 89.7 cm³/mol. The molecule has 0 unspecified atom stereocenters. The fraction of sp³-hybridized carbons (Fsp3) is 0.111. The monoisotopic (exact) mass is 321 g/mol. The van der Waals surface area contributed by atoms with E-state index in [-0.39, 0.29) is 11.3 Å². The number of nitriles is 1. The summed E-state index contributed by atoms with van der Waals surface area (Å²) in [5, 5.41) is 22.8. The molecule has 0 aromatic heterocycles. The van der Waals surface area contributed by atoms with Crippen molar-refractivity contribution in [3.05, 3.63) is 80.9 Å². The number of amides is 1. The first kappa shape index (κ1) is 16.9. The van der Waals surface area contributed by atoms with Crippen LogP contribution >= 0.6 is 0 Å². The number of carbonyl (C=O) groups is 1. The first-order chi connectivity index (χ1) is 11.5. The molecule has 0 atom stereocenters. The molecule has 6 nitrogen and oxygen atoms in total. The van der Waals surface area contributed by atoms with E-state index in [1.54, 1.807) is 19.1 Å². The van der Waals surface area contributed by atoms with Gasteiger partial charge in [-0.25, -0.2) is 0 Å². The van der Waals surface area contributed by atoms with E-state index in [2.05, 4.69) is 5.32 Å². The van der Waals surface area contributed by atoms with Crippen molar-refractivity contribution in [3.63, 3.8) is 0 Å². The molecule has 0 fully saturated rings. The number of nitrogens with one attached hydrogen (secondary N) is 1. The van der Waals surface area contributed by atoms with Crippen molar-refractivity contribution in [1.82, 2.24) is 5.32 Å². The van der Waals surface area contributed by atoms with Gasteiger partial charge in [-0.1, -0.05) is 42.5 Å². The molecule has 0 spiro atoms.